The Hall–Kier alpha value is -1.20. The summed E-state index contributed by atoms with van der Waals surface area (Å²) in [6.07, 6.45) is 3.64. The van der Waals surface area contributed by atoms with Crippen molar-refractivity contribution in [2.45, 2.75) is 33.2 Å². The summed E-state index contributed by atoms with van der Waals surface area (Å²) in [6.45, 7) is 4.68. The number of hydrogen-bond donors (Lipinski definition) is 1. The minimum Gasteiger partial charge on any atom is -0.363 e. The molecule has 18 heavy (non-hydrogen) atoms. The van der Waals surface area contributed by atoms with Crippen molar-refractivity contribution < 1.29 is 0 Å². The van der Waals surface area contributed by atoms with E-state index in [-0.39, 0.29) is 0 Å². The maximum absolute atomic E-state index is 6.11. The number of hydrogen-bond acceptors (Lipinski definition) is 5. The zero-order chi connectivity index (χ0) is 13.0. The number of halogens is 1. The van der Waals surface area contributed by atoms with Crippen LogP contribution in [0.15, 0.2) is 11.6 Å². The normalized spacial score (nSPS) is 10.6. The van der Waals surface area contributed by atoms with Crippen molar-refractivity contribution >= 4 is 28.8 Å². The first kappa shape index (κ1) is 13.2. The second-order valence-corrected chi connectivity index (χ2v) is 5.27. The highest BCUT2D eigenvalue weighted by molar-refractivity contribution is 7.09. The average Bonchev–Trinajstić information content (AvgIpc) is 2.85. The Balaban J connectivity index is 2.15. The Labute approximate surface area is 115 Å². The standard InChI is InChI=1S/C12H15ClN4S/c1-3-4-9-16-11(13)8(2)12(17-9)15-7-10-14-5-6-18-10/h5-6H,3-4,7H2,1-2H3,(H,15,16,17). The number of anilines is 1. The molecule has 0 fully saturated rings. The van der Waals surface area contributed by atoms with Gasteiger partial charge in [-0.1, -0.05) is 18.5 Å². The predicted octanol–water partition coefficient (Wildman–Crippen LogP) is 3.46. The smallest absolute Gasteiger partial charge is 0.137 e. The van der Waals surface area contributed by atoms with Crippen LogP contribution >= 0.6 is 22.9 Å². The van der Waals surface area contributed by atoms with E-state index in [1.807, 2.05) is 12.3 Å². The van der Waals surface area contributed by atoms with Crippen LogP contribution in [0.4, 0.5) is 5.82 Å². The van der Waals surface area contributed by atoms with Crippen LogP contribution in [0.3, 0.4) is 0 Å². The van der Waals surface area contributed by atoms with Gasteiger partial charge in [0, 0.05) is 23.6 Å². The summed E-state index contributed by atoms with van der Waals surface area (Å²) in [5.74, 6) is 1.59. The third-order valence-electron chi connectivity index (χ3n) is 2.50. The molecule has 0 aliphatic heterocycles. The lowest BCUT2D eigenvalue weighted by Crippen LogP contribution is -2.07. The van der Waals surface area contributed by atoms with Crippen LogP contribution in [-0.4, -0.2) is 15.0 Å². The average molecular weight is 283 g/mol. The molecule has 1 N–H and O–H groups in total. The van der Waals surface area contributed by atoms with Gasteiger partial charge in [-0.05, 0) is 13.3 Å². The quantitative estimate of drug-likeness (QED) is 0.853. The molecule has 2 aromatic heterocycles. The Morgan fingerprint density at radius 2 is 2.22 bits per heavy atom. The highest BCUT2D eigenvalue weighted by Crippen LogP contribution is 2.21. The lowest BCUT2D eigenvalue weighted by Gasteiger charge is -2.10. The van der Waals surface area contributed by atoms with E-state index in [1.54, 1.807) is 17.5 Å². The zero-order valence-corrected chi connectivity index (χ0v) is 12.0. The van der Waals surface area contributed by atoms with E-state index in [1.165, 1.54) is 0 Å². The molecule has 4 nitrogen and oxygen atoms in total. The number of thiazole rings is 1. The second-order valence-electron chi connectivity index (χ2n) is 3.93. The van der Waals surface area contributed by atoms with E-state index in [9.17, 15) is 0 Å². The summed E-state index contributed by atoms with van der Waals surface area (Å²) in [5, 5.41) is 6.78. The Bertz CT molecular complexity index is 513. The van der Waals surface area contributed by atoms with Gasteiger partial charge in [-0.15, -0.1) is 11.3 Å². The molecule has 2 aromatic rings. The number of nitrogens with zero attached hydrogens (tertiary/aromatic N) is 3. The number of nitrogens with one attached hydrogen (secondary N) is 1. The summed E-state index contributed by atoms with van der Waals surface area (Å²) in [7, 11) is 0. The molecule has 0 aliphatic rings. The van der Waals surface area contributed by atoms with E-state index in [4.69, 9.17) is 11.6 Å². The first-order chi connectivity index (χ1) is 8.70. The van der Waals surface area contributed by atoms with Crippen LogP contribution < -0.4 is 5.32 Å². The molecule has 0 atom stereocenters. The lowest BCUT2D eigenvalue weighted by atomic mass is 10.3. The van der Waals surface area contributed by atoms with Gasteiger partial charge in [0.2, 0.25) is 0 Å². The van der Waals surface area contributed by atoms with Crippen LogP contribution in [0, 0.1) is 6.92 Å². The molecular formula is C12H15ClN4S. The molecule has 2 rings (SSSR count). The monoisotopic (exact) mass is 282 g/mol. The van der Waals surface area contributed by atoms with Crippen LogP contribution in [0.5, 0.6) is 0 Å². The Morgan fingerprint density at radius 3 is 2.89 bits per heavy atom. The molecule has 0 spiro atoms. The first-order valence-electron chi connectivity index (χ1n) is 5.86. The van der Waals surface area contributed by atoms with Crippen molar-refractivity contribution in [3.63, 3.8) is 0 Å². The molecule has 0 radical (unpaired) electrons. The van der Waals surface area contributed by atoms with Gasteiger partial charge in [0.05, 0.1) is 6.54 Å². The van der Waals surface area contributed by atoms with E-state index in [2.05, 4.69) is 27.2 Å². The van der Waals surface area contributed by atoms with Gasteiger partial charge in [0.15, 0.2) is 0 Å². The summed E-state index contributed by atoms with van der Waals surface area (Å²) >= 11 is 7.73. The van der Waals surface area contributed by atoms with Crippen molar-refractivity contribution in [3.8, 4) is 0 Å². The van der Waals surface area contributed by atoms with Crippen LogP contribution in [0.25, 0.3) is 0 Å². The van der Waals surface area contributed by atoms with Gasteiger partial charge in [0.1, 0.15) is 21.8 Å². The van der Waals surface area contributed by atoms with Crippen molar-refractivity contribution in [2.75, 3.05) is 5.32 Å². The third-order valence-corrected chi connectivity index (χ3v) is 3.64. The Morgan fingerprint density at radius 1 is 1.39 bits per heavy atom. The number of aromatic nitrogens is 3. The highest BCUT2D eigenvalue weighted by atomic mass is 35.5. The van der Waals surface area contributed by atoms with Gasteiger partial charge in [-0.25, -0.2) is 15.0 Å². The van der Waals surface area contributed by atoms with Gasteiger partial charge in [0.25, 0.3) is 0 Å². The molecule has 6 heteroatoms. The summed E-state index contributed by atoms with van der Waals surface area (Å²) in [4.78, 5) is 13.0. The molecule has 0 unspecified atom stereocenters. The van der Waals surface area contributed by atoms with Crippen molar-refractivity contribution in [1.29, 1.82) is 0 Å². The molecule has 0 saturated heterocycles. The highest BCUT2D eigenvalue weighted by Gasteiger charge is 2.09. The molecule has 0 amide bonds. The molecule has 96 valence electrons. The van der Waals surface area contributed by atoms with Gasteiger partial charge < -0.3 is 5.32 Å². The minimum atomic E-state index is 0.523. The van der Waals surface area contributed by atoms with Crippen molar-refractivity contribution in [2.24, 2.45) is 0 Å². The van der Waals surface area contributed by atoms with E-state index in [0.717, 1.165) is 35.1 Å². The predicted molar refractivity (Wildman–Crippen MR) is 75.2 cm³/mol. The fourth-order valence-corrected chi connectivity index (χ4v) is 2.28. The van der Waals surface area contributed by atoms with Crippen LogP contribution in [0.2, 0.25) is 5.15 Å². The van der Waals surface area contributed by atoms with E-state index in [0.29, 0.717) is 11.7 Å². The summed E-state index contributed by atoms with van der Waals surface area (Å²) in [5.41, 5.74) is 0.882. The summed E-state index contributed by atoms with van der Waals surface area (Å²) in [6, 6.07) is 0. The first-order valence-corrected chi connectivity index (χ1v) is 7.11. The second kappa shape index (κ2) is 6.11. The minimum absolute atomic E-state index is 0.523. The summed E-state index contributed by atoms with van der Waals surface area (Å²) < 4.78 is 0. The maximum atomic E-state index is 6.11. The van der Waals surface area contributed by atoms with Gasteiger partial charge in [-0.2, -0.15) is 0 Å². The van der Waals surface area contributed by atoms with Crippen molar-refractivity contribution in [3.05, 3.63) is 33.1 Å². The maximum Gasteiger partial charge on any atom is 0.137 e. The largest absolute Gasteiger partial charge is 0.363 e. The number of rotatable bonds is 5. The van der Waals surface area contributed by atoms with Crippen LogP contribution in [0.1, 0.15) is 29.7 Å². The molecule has 0 saturated carbocycles. The third kappa shape index (κ3) is 3.17. The van der Waals surface area contributed by atoms with Gasteiger partial charge in [-0.3, -0.25) is 0 Å². The zero-order valence-electron chi connectivity index (χ0n) is 10.4. The molecule has 0 aromatic carbocycles. The lowest BCUT2D eigenvalue weighted by molar-refractivity contribution is 0.829. The topological polar surface area (TPSA) is 50.7 Å². The SMILES string of the molecule is CCCc1nc(Cl)c(C)c(NCc2nccs2)n1. The van der Waals surface area contributed by atoms with E-state index >= 15 is 0 Å². The van der Waals surface area contributed by atoms with Crippen molar-refractivity contribution in [1.82, 2.24) is 15.0 Å². The molecule has 0 aliphatic carbocycles. The van der Waals surface area contributed by atoms with Crippen LogP contribution in [-0.2, 0) is 13.0 Å². The molecule has 2 heterocycles. The Kier molecular flexibility index (Phi) is 4.49. The molecular weight excluding hydrogens is 268 g/mol. The number of aryl methyl sites for hydroxylation is 1. The molecule has 0 bridgehead atoms. The van der Waals surface area contributed by atoms with Gasteiger partial charge >= 0.3 is 0 Å². The van der Waals surface area contributed by atoms with E-state index < -0.39 is 0 Å². The fraction of sp³-hybridized carbons (Fsp3) is 0.417. The fourth-order valence-electron chi connectivity index (χ4n) is 1.54.